The predicted octanol–water partition coefficient (Wildman–Crippen LogP) is 4.29. The molecule has 134 valence electrons. The second-order valence-corrected chi connectivity index (χ2v) is 6.10. The predicted molar refractivity (Wildman–Crippen MR) is 95.7 cm³/mol. The molecule has 5 nitrogen and oxygen atoms in total. The maximum Gasteiger partial charge on any atom is 0.375 e. The summed E-state index contributed by atoms with van der Waals surface area (Å²) in [5, 5.41) is 3.16. The first-order valence-electron chi connectivity index (χ1n) is 8.08. The number of hydrogen-bond donors (Lipinski definition) is 1. The van der Waals surface area contributed by atoms with E-state index < -0.39 is 24.3 Å². The molecular weight excluding hydrogens is 337 g/mol. The van der Waals surface area contributed by atoms with Crippen molar-refractivity contribution >= 4 is 28.5 Å². The molecule has 26 heavy (non-hydrogen) atoms. The molecule has 0 saturated heterocycles. The van der Waals surface area contributed by atoms with E-state index in [0.29, 0.717) is 16.6 Å². The van der Waals surface area contributed by atoms with Gasteiger partial charge in [0.1, 0.15) is 0 Å². The number of rotatable bonds is 4. The molecule has 0 saturated carbocycles. The molecule has 0 radical (unpaired) electrons. The molecule has 0 aliphatic rings. The number of halogens is 1. The molecular formula is C20H18FNO4. The van der Waals surface area contributed by atoms with Gasteiger partial charge in [-0.2, -0.15) is 0 Å². The molecule has 0 aliphatic heterocycles. The topological polar surface area (TPSA) is 68.5 Å². The molecule has 0 bridgehead atoms. The van der Waals surface area contributed by atoms with E-state index in [-0.39, 0.29) is 11.3 Å². The van der Waals surface area contributed by atoms with Crippen molar-refractivity contribution in [3.05, 3.63) is 64.7 Å². The van der Waals surface area contributed by atoms with E-state index >= 15 is 0 Å². The minimum atomic E-state index is -0.812. The Morgan fingerprint density at radius 1 is 1.12 bits per heavy atom. The van der Waals surface area contributed by atoms with E-state index in [9.17, 15) is 14.0 Å². The van der Waals surface area contributed by atoms with Gasteiger partial charge in [-0.15, -0.1) is 0 Å². The maximum atomic E-state index is 13.8. The van der Waals surface area contributed by atoms with Crippen LogP contribution >= 0.6 is 0 Å². The smallest absolute Gasteiger partial charge is 0.375 e. The van der Waals surface area contributed by atoms with Crippen LogP contribution in [0.15, 0.2) is 40.8 Å². The van der Waals surface area contributed by atoms with Crippen LogP contribution in [0, 0.1) is 26.6 Å². The SMILES string of the molecule is Cc1ccc(NC(=O)COC(=O)c2oc3c(F)cccc3c2C)cc1C. The van der Waals surface area contributed by atoms with Crippen molar-refractivity contribution in [1.82, 2.24) is 0 Å². The summed E-state index contributed by atoms with van der Waals surface area (Å²) in [6.07, 6.45) is 0. The molecule has 0 unspecified atom stereocenters. The summed E-state index contributed by atoms with van der Waals surface area (Å²) >= 11 is 0. The van der Waals surface area contributed by atoms with Crippen molar-refractivity contribution in [2.75, 3.05) is 11.9 Å². The fourth-order valence-electron chi connectivity index (χ4n) is 2.62. The van der Waals surface area contributed by atoms with Crippen molar-refractivity contribution in [3.63, 3.8) is 0 Å². The highest BCUT2D eigenvalue weighted by Crippen LogP contribution is 2.27. The Balaban J connectivity index is 1.67. The normalized spacial score (nSPS) is 10.8. The van der Waals surface area contributed by atoms with Gasteiger partial charge in [0, 0.05) is 16.6 Å². The van der Waals surface area contributed by atoms with Crippen LogP contribution in [0.4, 0.5) is 10.1 Å². The average molecular weight is 355 g/mol. The molecule has 0 spiro atoms. The number of carbonyl (C=O) groups is 2. The number of benzene rings is 2. The molecule has 3 aromatic rings. The van der Waals surface area contributed by atoms with Gasteiger partial charge in [-0.25, -0.2) is 9.18 Å². The first-order chi connectivity index (χ1) is 12.4. The number of fused-ring (bicyclic) bond motifs is 1. The van der Waals surface area contributed by atoms with Crippen LogP contribution in [-0.2, 0) is 9.53 Å². The van der Waals surface area contributed by atoms with Gasteiger partial charge < -0.3 is 14.5 Å². The van der Waals surface area contributed by atoms with Crippen molar-refractivity contribution in [3.8, 4) is 0 Å². The average Bonchev–Trinajstić information content (AvgIpc) is 2.95. The number of carbonyl (C=O) groups excluding carboxylic acids is 2. The Morgan fingerprint density at radius 2 is 1.88 bits per heavy atom. The molecule has 0 aliphatic carbocycles. The van der Waals surface area contributed by atoms with E-state index in [2.05, 4.69) is 5.32 Å². The van der Waals surface area contributed by atoms with E-state index in [1.165, 1.54) is 12.1 Å². The number of ether oxygens (including phenoxy) is 1. The van der Waals surface area contributed by atoms with Gasteiger partial charge in [0.15, 0.2) is 18.0 Å². The summed E-state index contributed by atoms with van der Waals surface area (Å²) in [7, 11) is 0. The van der Waals surface area contributed by atoms with Crippen LogP contribution in [-0.4, -0.2) is 18.5 Å². The van der Waals surface area contributed by atoms with Crippen LogP contribution in [0.3, 0.4) is 0 Å². The molecule has 0 fully saturated rings. The largest absolute Gasteiger partial charge is 0.450 e. The summed E-state index contributed by atoms with van der Waals surface area (Å²) in [4.78, 5) is 24.2. The molecule has 2 aromatic carbocycles. The molecule has 1 aromatic heterocycles. The lowest BCUT2D eigenvalue weighted by Gasteiger charge is -2.08. The standard InChI is InChI=1S/C20H18FNO4/c1-11-7-8-14(9-12(11)2)22-17(23)10-25-20(24)18-13(3)15-5-4-6-16(21)19(15)26-18/h4-9H,10H2,1-3H3,(H,22,23). The van der Waals surface area contributed by atoms with Gasteiger partial charge in [-0.05, 0) is 50.1 Å². The highest BCUT2D eigenvalue weighted by Gasteiger charge is 2.21. The highest BCUT2D eigenvalue weighted by atomic mass is 19.1. The van der Waals surface area contributed by atoms with Gasteiger partial charge in [0.25, 0.3) is 5.91 Å². The summed E-state index contributed by atoms with van der Waals surface area (Å²) in [5.74, 6) is -1.95. The third-order valence-electron chi connectivity index (χ3n) is 4.23. The van der Waals surface area contributed by atoms with Crippen molar-refractivity contribution < 1.29 is 23.1 Å². The Kier molecular flexibility index (Phi) is 4.75. The van der Waals surface area contributed by atoms with Crippen molar-refractivity contribution in [2.24, 2.45) is 0 Å². The second kappa shape index (κ2) is 7.00. The Bertz CT molecular complexity index is 1010. The molecule has 3 rings (SSSR count). The molecule has 6 heteroatoms. The number of anilines is 1. The third kappa shape index (κ3) is 3.44. The van der Waals surface area contributed by atoms with Crippen LogP contribution in [0.25, 0.3) is 11.0 Å². The fourth-order valence-corrected chi connectivity index (χ4v) is 2.62. The van der Waals surface area contributed by atoms with Crippen LogP contribution in [0.1, 0.15) is 27.2 Å². The quantitative estimate of drug-likeness (QED) is 0.709. The van der Waals surface area contributed by atoms with E-state index in [4.69, 9.17) is 9.15 Å². The minimum absolute atomic E-state index is 0.00321. The van der Waals surface area contributed by atoms with Gasteiger partial charge in [0.2, 0.25) is 5.76 Å². The van der Waals surface area contributed by atoms with Gasteiger partial charge in [-0.3, -0.25) is 4.79 Å². The molecule has 1 heterocycles. The second-order valence-electron chi connectivity index (χ2n) is 6.10. The van der Waals surface area contributed by atoms with Crippen LogP contribution in [0.5, 0.6) is 0 Å². The number of aryl methyl sites for hydroxylation is 3. The van der Waals surface area contributed by atoms with Crippen LogP contribution < -0.4 is 5.32 Å². The number of nitrogens with one attached hydrogen (secondary N) is 1. The van der Waals surface area contributed by atoms with E-state index in [1.54, 1.807) is 19.1 Å². The zero-order valence-electron chi connectivity index (χ0n) is 14.7. The van der Waals surface area contributed by atoms with Gasteiger partial charge >= 0.3 is 5.97 Å². The highest BCUT2D eigenvalue weighted by molar-refractivity contribution is 5.98. The first kappa shape index (κ1) is 17.7. The summed E-state index contributed by atoms with van der Waals surface area (Å²) < 4.78 is 24.0. The number of hydrogen-bond acceptors (Lipinski definition) is 4. The first-order valence-corrected chi connectivity index (χ1v) is 8.08. The monoisotopic (exact) mass is 355 g/mol. The van der Waals surface area contributed by atoms with E-state index in [1.807, 2.05) is 26.0 Å². The van der Waals surface area contributed by atoms with Crippen molar-refractivity contribution in [2.45, 2.75) is 20.8 Å². The number of esters is 1. The van der Waals surface area contributed by atoms with Crippen molar-refractivity contribution in [1.29, 1.82) is 0 Å². The number of para-hydroxylation sites is 1. The summed E-state index contributed by atoms with van der Waals surface area (Å²) in [6.45, 7) is 5.08. The third-order valence-corrected chi connectivity index (χ3v) is 4.23. The fraction of sp³-hybridized carbons (Fsp3) is 0.200. The van der Waals surface area contributed by atoms with Crippen LogP contribution in [0.2, 0.25) is 0 Å². The lowest BCUT2D eigenvalue weighted by molar-refractivity contribution is -0.119. The Morgan fingerprint density at radius 3 is 2.58 bits per heavy atom. The zero-order valence-corrected chi connectivity index (χ0v) is 14.7. The molecule has 1 N–H and O–H groups in total. The summed E-state index contributed by atoms with van der Waals surface area (Å²) in [5.41, 5.74) is 3.24. The molecule has 1 amide bonds. The Hall–Kier alpha value is -3.15. The number of amides is 1. The molecule has 0 atom stereocenters. The summed E-state index contributed by atoms with van der Waals surface area (Å²) in [6, 6.07) is 9.93. The lowest BCUT2D eigenvalue weighted by Crippen LogP contribution is -2.21. The van der Waals surface area contributed by atoms with Gasteiger partial charge in [0.05, 0.1) is 0 Å². The van der Waals surface area contributed by atoms with E-state index in [0.717, 1.165) is 11.1 Å². The maximum absolute atomic E-state index is 13.8. The number of furan rings is 1. The Labute approximate surface area is 149 Å². The minimum Gasteiger partial charge on any atom is -0.450 e. The zero-order chi connectivity index (χ0) is 18.8. The lowest BCUT2D eigenvalue weighted by atomic mass is 10.1. The van der Waals surface area contributed by atoms with Gasteiger partial charge in [-0.1, -0.05) is 18.2 Å².